The number of nitrogens with zero attached hydrogens (tertiary/aromatic N) is 6. The molecule has 0 aliphatic carbocycles. The third-order valence-corrected chi connectivity index (χ3v) is 7.56. The molecule has 11 nitrogen and oxygen atoms in total. The Morgan fingerprint density at radius 3 is 2.75 bits per heavy atom. The topological polar surface area (TPSA) is 126 Å². The average Bonchev–Trinajstić information content (AvgIpc) is 3.43. The Hall–Kier alpha value is -3.25. The number of aliphatic hydroxyl groups excluding tert-OH is 1. The molecule has 13 heteroatoms. The summed E-state index contributed by atoms with van der Waals surface area (Å²) < 4.78 is 7.88. The highest BCUT2D eigenvalue weighted by molar-refractivity contribution is 6.42. The van der Waals surface area contributed by atoms with Crippen molar-refractivity contribution >= 4 is 40.7 Å². The fraction of sp³-hybridized carbons (Fsp3) is 0.444. The lowest BCUT2D eigenvalue weighted by Crippen LogP contribution is -2.47. The molecule has 1 aliphatic heterocycles. The summed E-state index contributed by atoms with van der Waals surface area (Å²) in [5, 5.41) is 24.5. The summed E-state index contributed by atoms with van der Waals surface area (Å²) >= 11 is 12.3. The van der Waals surface area contributed by atoms with Crippen molar-refractivity contribution in [3.8, 4) is 5.75 Å². The van der Waals surface area contributed by atoms with Gasteiger partial charge < -0.3 is 20.1 Å². The van der Waals surface area contributed by atoms with E-state index < -0.39 is 0 Å². The van der Waals surface area contributed by atoms with Gasteiger partial charge in [-0.2, -0.15) is 0 Å². The first-order chi connectivity index (χ1) is 19.1. The number of amides is 2. The zero-order chi connectivity index (χ0) is 28.8. The standard InChI is InChI=1S/C27H33Cl2N7O4/c1-17-11-36(18(2)15-37)27(39)10-20-9-21(31-26(38)14-35-16-30-32-33-35)5-7-24(20)40-25(17)13-34(3)12-19-4-6-22(28)23(29)8-19/h4-9,16-18,25,37H,10-15H2,1-3H3,(H,31,38)/t17-,18+,25+/m0/s1. The molecular weight excluding hydrogens is 557 g/mol. The van der Waals surface area contributed by atoms with E-state index in [1.807, 2.05) is 33.0 Å². The van der Waals surface area contributed by atoms with Crippen LogP contribution in [-0.4, -0.2) is 85.8 Å². The summed E-state index contributed by atoms with van der Waals surface area (Å²) in [5.74, 6) is 0.0923. The zero-order valence-electron chi connectivity index (χ0n) is 22.6. The van der Waals surface area contributed by atoms with Crippen molar-refractivity contribution in [2.45, 2.75) is 45.5 Å². The smallest absolute Gasteiger partial charge is 0.246 e. The minimum Gasteiger partial charge on any atom is -0.488 e. The number of hydrogen-bond donors (Lipinski definition) is 2. The van der Waals surface area contributed by atoms with E-state index in [1.54, 1.807) is 29.2 Å². The molecule has 0 radical (unpaired) electrons. The molecule has 0 unspecified atom stereocenters. The summed E-state index contributed by atoms with van der Waals surface area (Å²) in [5.41, 5.74) is 2.18. The number of aromatic nitrogens is 4. The average molecular weight is 591 g/mol. The van der Waals surface area contributed by atoms with Crippen molar-refractivity contribution in [3.05, 3.63) is 63.9 Å². The maximum Gasteiger partial charge on any atom is 0.246 e. The first-order valence-electron chi connectivity index (χ1n) is 13.0. The van der Waals surface area contributed by atoms with Gasteiger partial charge >= 0.3 is 0 Å². The van der Waals surface area contributed by atoms with Crippen molar-refractivity contribution in [1.82, 2.24) is 30.0 Å². The molecule has 2 amide bonds. The van der Waals surface area contributed by atoms with Crippen molar-refractivity contribution in [2.75, 3.05) is 32.1 Å². The van der Waals surface area contributed by atoms with E-state index in [0.29, 0.717) is 46.7 Å². The summed E-state index contributed by atoms with van der Waals surface area (Å²) in [6, 6.07) is 10.5. The van der Waals surface area contributed by atoms with Gasteiger partial charge in [0.05, 0.1) is 29.1 Å². The van der Waals surface area contributed by atoms with E-state index in [4.69, 9.17) is 27.9 Å². The third kappa shape index (κ3) is 7.69. The van der Waals surface area contributed by atoms with Crippen molar-refractivity contribution in [2.24, 2.45) is 5.92 Å². The molecule has 0 spiro atoms. The molecule has 3 atom stereocenters. The molecule has 2 N–H and O–H groups in total. The lowest BCUT2D eigenvalue weighted by atomic mass is 10.0. The molecule has 0 saturated carbocycles. The number of anilines is 1. The molecule has 40 heavy (non-hydrogen) atoms. The highest BCUT2D eigenvalue weighted by atomic mass is 35.5. The SMILES string of the molecule is C[C@H](CO)N1C[C@H](C)[C@@H](CN(C)Cc2ccc(Cl)c(Cl)c2)Oc2ccc(NC(=O)Cn3cnnn3)cc2CC1=O. The fourth-order valence-electron chi connectivity index (χ4n) is 4.65. The van der Waals surface area contributed by atoms with Crippen LogP contribution >= 0.6 is 23.2 Å². The van der Waals surface area contributed by atoms with Crippen LogP contribution in [0.25, 0.3) is 0 Å². The van der Waals surface area contributed by atoms with Gasteiger partial charge in [-0.25, -0.2) is 4.68 Å². The van der Waals surface area contributed by atoms with E-state index in [0.717, 1.165) is 5.56 Å². The molecule has 3 aromatic rings. The monoisotopic (exact) mass is 589 g/mol. The summed E-state index contributed by atoms with van der Waals surface area (Å²) in [6.45, 7) is 5.29. The fourth-order valence-corrected chi connectivity index (χ4v) is 4.97. The number of carbonyl (C=O) groups excluding carboxylic acids is 2. The number of fused-ring (bicyclic) bond motifs is 1. The van der Waals surface area contributed by atoms with Gasteiger partial charge in [0, 0.05) is 36.8 Å². The number of tetrazole rings is 1. The van der Waals surface area contributed by atoms with Gasteiger partial charge in [0.1, 0.15) is 24.7 Å². The Morgan fingerprint density at radius 1 is 1.25 bits per heavy atom. The van der Waals surface area contributed by atoms with Crippen LogP contribution < -0.4 is 10.1 Å². The number of hydrogen-bond acceptors (Lipinski definition) is 8. The van der Waals surface area contributed by atoms with Crippen LogP contribution in [0.2, 0.25) is 10.0 Å². The van der Waals surface area contributed by atoms with Crippen LogP contribution in [0.5, 0.6) is 5.75 Å². The molecule has 1 aliphatic rings. The molecule has 1 aromatic heterocycles. The minimum absolute atomic E-state index is 0.0455. The Kier molecular flexibility index (Phi) is 9.96. The first-order valence-corrected chi connectivity index (χ1v) is 13.7. The van der Waals surface area contributed by atoms with Gasteiger partial charge in [-0.3, -0.25) is 14.5 Å². The molecule has 214 valence electrons. The van der Waals surface area contributed by atoms with Crippen LogP contribution in [0.1, 0.15) is 25.0 Å². The summed E-state index contributed by atoms with van der Waals surface area (Å²) in [4.78, 5) is 29.7. The van der Waals surface area contributed by atoms with Crippen molar-refractivity contribution in [3.63, 3.8) is 0 Å². The van der Waals surface area contributed by atoms with Gasteiger partial charge in [-0.15, -0.1) is 5.10 Å². The number of rotatable bonds is 9. The van der Waals surface area contributed by atoms with Crippen LogP contribution in [-0.2, 0) is 29.1 Å². The first kappa shape index (κ1) is 29.7. The maximum atomic E-state index is 13.4. The Balaban J connectivity index is 1.56. The largest absolute Gasteiger partial charge is 0.488 e. The zero-order valence-corrected chi connectivity index (χ0v) is 24.1. The number of halogens is 2. The second-order valence-electron chi connectivity index (χ2n) is 10.2. The minimum atomic E-state index is -0.356. The molecule has 4 rings (SSSR count). The predicted molar refractivity (Wildman–Crippen MR) is 151 cm³/mol. The molecule has 2 aromatic carbocycles. The second-order valence-corrected chi connectivity index (χ2v) is 11.0. The quantitative estimate of drug-likeness (QED) is 0.390. The summed E-state index contributed by atoms with van der Waals surface area (Å²) in [6.07, 6.45) is 1.15. The van der Waals surface area contributed by atoms with Gasteiger partial charge in [0.25, 0.3) is 0 Å². The van der Waals surface area contributed by atoms with Crippen LogP contribution in [0.3, 0.4) is 0 Å². The van der Waals surface area contributed by atoms with E-state index in [2.05, 4.69) is 25.7 Å². The number of aliphatic hydroxyl groups is 1. The predicted octanol–water partition coefficient (Wildman–Crippen LogP) is 2.90. The Bertz CT molecular complexity index is 1320. The lowest BCUT2D eigenvalue weighted by Gasteiger charge is -2.34. The van der Waals surface area contributed by atoms with Crippen molar-refractivity contribution in [1.29, 1.82) is 0 Å². The second kappa shape index (κ2) is 13.4. The lowest BCUT2D eigenvalue weighted by molar-refractivity contribution is -0.134. The normalized spacial score (nSPS) is 18.4. The van der Waals surface area contributed by atoms with E-state index in [9.17, 15) is 14.7 Å². The highest BCUT2D eigenvalue weighted by Crippen LogP contribution is 2.30. The van der Waals surface area contributed by atoms with Gasteiger partial charge in [0.2, 0.25) is 11.8 Å². The molecule has 2 heterocycles. The molecule has 0 bridgehead atoms. The van der Waals surface area contributed by atoms with Crippen molar-refractivity contribution < 1.29 is 19.4 Å². The third-order valence-electron chi connectivity index (χ3n) is 6.83. The maximum absolute atomic E-state index is 13.4. The van der Waals surface area contributed by atoms with Gasteiger partial charge in [-0.1, -0.05) is 36.2 Å². The number of benzene rings is 2. The van der Waals surface area contributed by atoms with Gasteiger partial charge in [0.15, 0.2) is 0 Å². The van der Waals surface area contributed by atoms with E-state index in [1.165, 1.54) is 11.0 Å². The van der Waals surface area contributed by atoms with Crippen LogP contribution in [0.15, 0.2) is 42.7 Å². The highest BCUT2D eigenvalue weighted by Gasteiger charge is 2.31. The summed E-state index contributed by atoms with van der Waals surface area (Å²) in [7, 11) is 1.99. The number of ether oxygens (including phenoxy) is 1. The van der Waals surface area contributed by atoms with E-state index >= 15 is 0 Å². The molecule has 0 saturated heterocycles. The number of nitrogens with one attached hydrogen (secondary N) is 1. The van der Waals surface area contributed by atoms with Crippen LogP contribution in [0, 0.1) is 5.92 Å². The van der Waals surface area contributed by atoms with Crippen LogP contribution in [0.4, 0.5) is 5.69 Å². The number of likely N-dealkylation sites (N-methyl/N-ethyl adjacent to an activating group) is 1. The Labute approximate surface area is 243 Å². The molecule has 0 fully saturated rings. The Morgan fingerprint density at radius 2 is 2.05 bits per heavy atom. The number of carbonyl (C=O) groups is 2. The van der Waals surface area contributed by atoms with E-state index in [-0.39, 0.29) is 49.5 Å². The van der Waals surface area contributed by atoms with Gasteiger partial charge in [-0.05, 0) is 60.3 Å². The molecular formula is C27H33Cl2N7O4.